The number of nitrogens with one attached hydrogen (secondary N) is 1. The Bertz CT molecular complexity index is 1090. The Kier molecular flexibility index (Phi) is 5.24. The molecule has 4 rings (SSSR count). The van der Waals surface area contributed by atoms with Gasteiger partial charge in [-0.2, -0.15) is 5.10 Å². The van der Waals surface area contributed by atoms with E-state index in [2.05, 4.69) is 15.4 Å². The van der Waals surface area contributed by atoms with E-state index in [4.69, 9.17) is 4.98 Å². The number of likely N-dealkylation sites (N-methyl/N-ethyl adjacent to an activating group) is 1. The van der Waals surface area contributed by atoms with Crippen LogP contribution < -0.4 is 10.2 Å². The van der Waals surface area contributed by atoms with E-state index in [0.29, 0.717) is 18.7 Å². The van der Waals surface area contributed by atoms with Crippen LogP contribution in [0.4, 0.5) is 15.9 Å². The van der Waals surface area contributed by atoms with E-state index in [1.165, 1.54) is 12.1 Å². The van der Waals surface area contributed by atoms with Gasteiger partial charge in [0, 0.05) is 19.7 Å². The summed E-state index contributed by atoms with van der Waals surface area (Å²) < 4.78 is 15.0. The first-order chi connectivity index (χ1) is 14.3. The van der Waals surface area contributed by atoms with Gasteiger partial charge in [0.15, 0.2) is 5.82 Å². The summed E-state index contributed by atoms with van der Waals surface area (Å²) in [4.78, 5) is 23.3. The molecule has 1 amide bonds. The highest BCUT2D eigenvalue weighted by Crippen LogP contribution is 2.31. The van der Waals surface area contributed by atoms with Crippen LogP contribution in [0.1, 0.15) is 35.3 Å². The number of rotatable bonds is 5. The predicted octanol–water partition coefficient (Wildman–Crippen LogP) is 3.04. The fourth-order valence-electron chi connectivity index (χ4n) is 3.62. The number of hydrogen-bond acceptors (Lipinski definition) is 5. The Labute approximate surface area is 175 Å². The van der Waals surface area contributed by atoms with Crippen molar-refractivity contribution >= 4 is 17.4 Å². The molecule has 1 aromatic carbocycles. The minimum atomic E-state index is -0.272. The van der Waals surface area contributed by atoms with Gasteiger partial charge in [-0.25, -0.2) is 14.4 Å². The number of halogens is 1. The fourth-order valence-corrected chi connectivity index (χ4v) is 3.62. The van der Waals surface area contributed by atoms with Crippen LogP contribution in [-0.4, -0.2) is 38.7 Å². The third-order valence-electron chi connectivity index (χ3n) is 5.58. The van der Waals surface area contributed by atoms with Crippen LogP contribution in [0.5, 0.6) is 0 Å². The SMILES string of the molecule is Cc1nn(Cc2ccc(F)cc2)cc1CCc1nc(C)c2c(n1)N(C)[C@@H](C)C(=O)N2. The molecule has 3 heterocycles. The first-order valence-electron chi connectivity index (χ1n) is 10.0. The molecule has 1 N–H and O–H groups in total. The van der Waals surface area contributed by atoms with Crippen molar-refractivity contribution in [3.05, 3.63) is 64.6 Å². The summed E-state index contributed by atoms with van der Waals surface area (Å²) in [6.07, 6.45) is 3.46. The van der Waals surface area contributed by atoms with E-state index in [9.17, 15) is 9.18 Å². The highest BCUT2D eigenvalue weighted by molar-refractivity contribution is 6.02. The lowest BCUT2D eigenvalue weighted by atomic mass is 10.1. The van der Waals surface area contributed by atoms with E-state index >= 15 is 0 Å². The molecular weight excluding hydrogens is 383 g/mol. The molecule has 0 radical (unpaired) electrons. The van der Waals surface area contributed by atoms with Gasteiger partial charge in [-0.1, -0.05) is 12.1 Å². The van der Waals surface area contributed by atoms with Crippen LogP contribution in [-0.2, 0) is 24.2 Å². The molecule has 0 fully saturated rings. The first kappa shape index (κ1) is 20.0. The molecular formula is C22H25FN6O. The molecule has 0 saturated heterocycles. The Morgan fingerprint density at radius 2 is 1.83 bits per heavy atom. The lowest BCUT2D eigenvalue weighted by molar-refractivity contribution is -0.117. The Balaban J connectivity index is 1.49. The summed E-state index contributed by atoms with van der Waals surface area (Å²) in [6.45, 7) is 6.33. The molecule has 1 aliphatic heterocycles. The smallest absolute Gasteiger partial charge is 0.246 e. The van der Waals surface area contributed by atoms with Crippen LogP contribution in [0.25, 0.3) is 0 Å². The molecule has 2 aromatic heterocycles. The monoisotopic (exact) mass is 408 g/mol. The van der Waals surface area contributed by atoms with Crippen LogP contribution >= 0.6 is 0 Å². The average Bonchev–Trinajstić information content (AvgIpc) is 3.06. The van der Waals surface area contributed by atoms with Gasteiger partial charge in [0.2, 0.25) is 5.91 Å². The van der Waals surface area contributed by atoms with Crippen LogP contribution in [0.2, 0.25) is 0 Å². The molecule has 30 heavy (non-hydrogen) atoms. The molecule has 8 heteroatoms. The summed E-state index contributed by atoms with van der Waals surface area (Å²) in [5.41, 5.74) is 4.55. The van der Waals surface area contributed by atoms with Crippen molar-refractivity contribution in [2.24, 2.45) is 0 Å². The standard InChI is InChI=1S/C22H25FN6O/c1-13-17(12-29(27-13)11-16-5-8-18(23)9-6-16)7-10-19-24-14(2)20-21(25-19)28(4)15(3)22(30)26-20/h5-6,8-9,12,15H,7,10-11H2,1-4H3,(H,26,30)/t15-/m0/s1. The maximum absolute atomic E-state index is 13.1. The van der Waals surface area contributed by atoms with Crippen LogP contribution in [0.3, 0.4) is 0 Å². The number of aromatic nitrogens is 4. The maximum Gasteiger partial charge on any atom is 0.246 e. The quantitative estimate of drug-likeness (QED) is 0.702. The second-order valence-corrected chi connectivity index (χ2v) is 7.76. The largest absolute Gasteiger partial charge is 0.346 e. The van der Waals surface area contributed by atoms with Crippen molar-refractivity contribution in [3.63, 3.8) is 0 Å². The van der Waals surface area contributed by atoms with E-state index in [1.54, 1.807) is 12.1 Å². The van der Waals surface area contributed by atoms with Crippen LogP contribution in [0, 0.1) is 19.7 Å². The Morgan fingerprint density at radius 1 is 1.10 bits per heavy atom. The highest BCUT2D eigenvalue weighted by atomic mass is 19.1. The normalized spacial score (nSPS) is 15.8. The summed E-state index contributed by atoms with van der Waals surface area (Å²) in [5, 5.41) is 7.49. The summed E-state index contributed by atoms with van der Waals surface area (Å²) in [7, 11) is 1.88. The highest BCUT2D eigenvalue weighted by Gasteiger charge is 2.30. The van der Waals surface area contributed by atoms with E-state index in [0.717, 1.165) is 40.6 Å². The van der Waals surface area contributed by atoms with Gasteiger partial charge in [-0.3, -0.25) is 9.48 Å². The third-order valence-corrected chi connectivity index (χ3v) is 5.58. The van der Waals surface area contributed by atoms with E-state index < -0.39 is 0 Å². The molecule has 156 valence electrons. The lowest BCUT2D eigenvalue weighted by Gasteiger charge is -2.32. The predicted molar refractivity (Wildman–Crippen MR) is 113 cm³/mol. The molecule has 3 aromatic rings. The van der Waals surface area contributed by atoms with Gasteiger partial charge in [-0.05, 0) is 50.5 Å². The summed E-state index contributed by atoms with van der Waals surface area (Å²) in [6, 6.07) is 6.19. The molecule has 1 atom stereocenters. The molecule has 0 aliphatic carbocycles. The van der Waals surface area contributed by atoms with Crippen molar-refractivity contribution in [1.82, 2.24) is 19.7 Å². The van der Waals surface area contributed by atoms with Crippen molar-refractivity contribution in [3.8, 4) is 0 Å². The minimum absolute atomic E-state index is 0.0476. The number of carbonyl (C=O) groups excluding carboxylic acids is 1. The van der Waals surface area contributed by atoms with Crippen molar-refractivity contribution < 1.29 is 9.18 Å². The zero-order valence-electron chi connectivity index (χ0n) is 17.6. The zero-order chi connectivity index (χ0) is 21.4. The van der Waals surface area contributed by atoms with Gasteiger partial charge in [0.25, 0.3) is 0 Å². The molecule has 0 unspecified atom stereocenters. The lowest BCUT2D eigenvalue weighted by Crippen LogP contribution is -2.45. The molecule has 7 nitrogen and oxygen atoms in total. The Hall–Kier alpha value is -3.29. The van der Waals surface area contributed by atoms with Gasteiger partial charge in [-0.15, -0.1) is 0 Å². The number of fused-ring (bicyclic) bond motifs is 1. The topological polar surface area (TPSA) is 75.9 Å². The van der Waals surface area contributed by atoms with Crippen molar-refractivity contribution in [2.45, 2.75) is 46.2 Å². The summed E-state index contributed by atoms with van der Waals surface area (Å²) >= 11 is 0. The number of nitrogens with zero attached hydrogens (tertiary/aromatic N) is 5. The number of carbonyl (C=O) groups is 1. The number of benzene rings is 1. The van der Waals surface area contributed by atoms with E-state index in [-0.39, 0.29) is 17.8 Å². The molecule has 0 spiro atoms. The minimum Gasteiger partial charge on any atom is -0.346 e. The average molecular weight is 408 g/mol. The fraction of sp³-hybridized carbons (Fsp3) is 0.364. The second kappa shape index (κ2) is 7.85. The third kappa shape index (κ3) is 3.90. The van der Waals surface area contributed by atoms with Gasteiger partial charge in [0.1, 0.15) is 23.4 Å². The summed E-state index contributed by atoms with van der Waals surface area (Å²) in [5.74, 6) is 1.21. The zero-order valence-corrected chi connectivity index (χ0v) is 17.6. The number of hydrogen-bond donors (Lipinski definition) is 1. The maximum atomic E-state index is 13.1. The molecule has 1 aliphatic rings. The number of anilines is 2. The van der Waals surface area contributed by atoms with Crippen molar-refractivity contribution in [1.29, 1.82) is 0 Å². The van der Waals surface area contributed by atoms with E-state index in [1.807, 2.05) is 43.6 Å². The molecule has 0 bridgehead atoms. The van der Waals surface area contributed by atoms with Gasteiger partial charge >= 0.3 is 0 Å². The van der Waals surface area contributed by atoms with Crippen LogP contribution in [0.15, 0.2) is 30.5 Å². The Morgan fingerprint density at radius 3 is 2.57 bits per heavy atom. The second-order valence-electron chi connectivity index (χ2n) is 7.76. The number of aryl methyl sites for hydroxylation is 4. The van der Waals surface area contributed by atoms with Gasteiger partial charge < -0.3 is 10.2 Å². The first-order valence-corrected chi connectivity index (χ1v) is 10.0. The van der Waals surface area contributed by atoms with Crippen molar-refractivity contribution in [2.75, 3.05) is 17.3 Å². The van der Waals surface area contributed by atoms with Gasteiger partial charge in [0.05, 0.1) is 17.9 Å². The molecule has 0 saturated carbocycles. The number of amides is 1.